The molecule has 0 aliphatic heterocycles. The average molecular weight is 539 g/mol. The van der Waals surface area contributed by atoms with Crippen LogP contribution in [0.2, 0.25) is 0 Å². The summed E-state index contributed by atoms with van der Waals surface area (Å²) in [5.41, 5.74) is 0. The van der Waals surface area contributed by atoms with Crippen LogP contribution in [0.4, 0.5) is 0 Å². The van der Waals surface area contributed by atoms with Gasteiger partial charge >= 0.3 is 0 Å². The van der Waals surface area contributed by atoms with Crippen LogP contribution in [-0.4, -0.2) is 0 Å². The molecular formula is C36H26O5. The van der Waals surface area contributed by atoms with Crippen LogP contribution in [-0.2, 0) is 0 Å². The van der Waals surface area contributed by atoms with Crippen molar-refractivity contribution in [3.8, 4) is 57.5 Å². The van der Waals surface area contributed by atoms with Crippen molar-refractivity contribution in [1.82, 2.24) is 0 Å². The van der Waals surface area contributed by atoms with Gasteiger partial charge in [0.2, 0.25) is 0 Å². The highest BCUT2D eigenvalue weighted by Gasteiger charge is 2.06. The Bertz CT molecular complexity index is 1700. The van der Waals surface area contributed by atoms with Crippen molar-refractivity contribution in [1.29, 1.82) is 0 Å². The highest BCUT2D eigenvalue weighted by molar-refractivity contribution is 5.44. The molecule has 0 heterocycles. The van der Waals surface area contributed by atoms with E-state index in [1.165, 1.54) is 0 Å². The minimum atomic E-state index is 0.650. The Morgan fingerprint density at radius 3 is 0.707 bits per heavy atom. The standard InChI is InChI=1S/C36H26O5/c1-3-10-27(11-4-1)37-31-14-7-16-33(24-31)39-29-20-22-30(23-21-29)40-34-17-9-19-36(26-34)41-35-18-8-15-32(25-35)38-28-12-5-2-6-13-28/h1-26H. The Labute approximate surface area is 238 Å². The fourth-order valence-corrected chi connectivity index (χ4v) is 4.04. The number of rotatable bonds is 10. The van der Waals surface area contributed by atoms with Gasteiger partial charge in [-0.1, -0.05) is 54.6 Å². The first kappa shape index (κ1) is 25.6. The number of para-hydroxylation sites is 2. The highest BCUT2D eigenvalue weighted by atomic mass is 16.5. The van der Waals surface area contributed by atoms with Crippen LogP contribution in [0, 0.1) is 0 Å². The molecular weight excluding hydrogens is 512 g/mol. The van der Waals surface area contributed by atoms with Gasteiger partial charge in [0.15, 0.2) is 0 Å². The van der Waals surface area contributed by atoms with Gasteiger partial charge in [0, 0.05) is 18.2 Å². The molecule has 0 radical (unpaired) electrons. The third kappa shape index (κ3) is 7.25. The molecule has 0 aromatic heterocycles. The fraction of sp³-hybridized carbons (Fsp3) is 0. The van der Waals surface area contributed by atoms with Crippen LogP contribution in [0.5, 0.6) is 57.5 Å². The Morgan fingerprint density at radius 1 is 0.195 bits per heavy atom. The van der Waals surface area contributed by atoms with E-state index in [9.17, 15) is 0 Å². The van der Waals surface area contributed by atoms with Gasteiger partial charge in [0.25, 0.3) is 0 Å². The molecule has 0 bridgehead atoms. The monoisotopic (exact) mass is 538 g/mol. The maximum Gasteiger partial charge on any atom is 0.131 e. The average Bonchev–Trinajstić information content (AvgIpc) is 3.00. The molecule has 0 saturated carbocycles. The van der Waals surface area contributed by atoms with Crippen LogP contribution in [0.1, 0.15) is 0 Å². The van der Waals surface area contributed by atoms with E-state index in [0.717, 1.165) is 11.5 Å². The summed E-state index contributed by atoms with van der Waals surface area (Å²) in [5, 5.41) is 0. The topological polar surface area (TPSA) is 46.2 Å². The van der Waals surface area contributed by atoms with E-state index in [1.54, 1.807) is 0 Å². The molecule has 0 N–H and O–H groups in total. The van der Waals surface area contributed by atoms with E-state index in [-0.39, 0.29) is 0 Å². The molecule has 5 nitrogen and oxygen atoms in total. The van der Waals surface area contributed by atoms with Gasteiger partial charge in [0.05, 0.1) is 0 Å². The van der Waals surface area contributed by atoms with Gasteiger partial charge in [-0.25, -0.2) is 0 Å². The molecule has 0 fully saturated rings. The van der Waals surface area contributed by atoms with Gasteiger partial charge in [-0.15, -0.1) is 0 Å². The summed E-state index contributed by atoms with van der Waals surface area (Å²) in [6, 6.07) is 49.2. The summed E-state index contributed by atoms with van der Waals surface area (Å²) in [5.74, 6) is 6.93. The second-order valence-electron chi connectivity index (χ2n) is 9.03. The lowest BCUT2D eigenvalue weighted by Gasteiger charge is -2.12. The quantitative estimate of drug-likeness (QED) is 0.174. The molecule has 0 unspecified atom stereocenters. The lowest BCUT2D eigenvalue weighted by Crippen LogP contribution is -1.89. The van der Waals surface area contributed by atoms with E-state index >= 15 is 0 Å². The van der Waals surface area contributed by atoms with Crippen molar-refractivity contribution in [2.45, 2.75) is 0 Å². The van der Waals surface area contributed by atoms with E-state index in [0.29, 0.717) is 46.0 Å². The largest absolute Gasteiger partial charge is 0.457 e. The molecule has 0 saturated heterocycles. The van der Waals surface area contributed by atoms with Gasteiger partial charge in [-0.2, -0.15) is 0 Å². The van der Waals surface area contributed by atoms with Gasteiger partial charge in [-0.3, -0.25) is 0 Å². The predicted octanol–water partition coefficient (Wildman–Crippen LogP) is 10.6. The fourth-order valence-electron chi connectivity index (χ4n) is 4.04. The van der Waals surface area contributed by atoms with Crippen LogP contribution < -0.4 is 23.7 Å². The summed E-state index contributed by atoms with van der Waals surface area (Å²) >= 11 is 0. The maximum absolute atomic E-state index is 6.08. The molecule has 0 amide bonds. The lowest BCUT2D eigenvalue weighted by atomic mass is 10.3. The first-order valence-electron chi connectivity index (χ1n) is 13.1. The van der Waals surface area contributed by atoms with Gasteiger partial charge in [0.1, 0.15) is 57.5 Å². The summed E-state index contributed by atoms with van der Waals surface area (Å²) in [4.78, 5) is 0. The molecule has 6 aromatic carbocycles. The third-order valence-corrected chi connectivity index (χ3v) is 5.91. The van der Waals surface area contributed by atoms with Crippen molar-refractivity contribution in [3.05, 3.63) is 158 Å². The number of ether oxygens (including phenoxy) is 5. The molecule has 0 atom stereocenters. The number of benzene rings is 6. The van der Waals surface area contributed by atoms with E-state index in [4.69, 9.17) is 23.7 Å². The third-order valence-electron chi connectivity index (χ3n) is 5.91. The summed E-state index contributed by atoms with van der Waals surface area (Å²) in [7, 11) is 0. The molecule has 41 heavy (non-hydrogen) atoms. The zero-order valence-corrected chi connectivity index (χ0v) is 22.1. The first-order chi connectivity index (χ1) is 20.2. The van der Waals surface area contributed by atoms with Crippen LogP contribution in [0.3, 0.4) is 0 Å². The van der Waals surface area contributed by atoms with Crippen molar-refractivity contribution >= 4 is 0 Å². The molecule has 0 spiro atoms. The van der Waals surface area contributed by atoms with Crippen LogP contribution in [0.15, 0.2) is 158 Å². The smallest absolute Gasteiger partial charge is 0.131 e. The lowest BCUT2D eigenvalue weighted by molar-refractivity contribution is 0.448. The molecule has 0 aliphatic rings. The normalized spacial score (nSPS) is 10.4. The second-order valence-corrected chi connectivity index (χ2v) is 9.03. The van der Waals surface area contributed by atoms with E-state index in [2.05, 4.69) is 0 Å². The van der Waals surface area contributed by atoms with Crippen LogP contribution in [0.25, 0.3) is 0 Å². The first-order valence-corrected chi connectivity index (χ1v) is 13.1. The van der Waals surface area contributed by atoms with Crippen molar-refractivity contribution in [3.63, 3.8) is 0 Å². The van der Waals surface area contributed by atoms with Crippen LogP contribution >= 0.6 is 0 Å². The van der Waals surface area contributed by atoms with E-state index in [1.807, 2.05) is 158 Å². The van der Waals surface area contributed by atoms with Gasteiger partial charge in [-0.05, 0) is 84.9 Å². The minimum Gasteiger partial charge on any atom is -0.457 e. The zero-order valence-electron chi connectivity index (χ0n) is 22.1. The van der Waals surface area contributed by atoms with E-state index < -0.39 is 0 Å². The van der Waals surface area contributed by atoms with Crippen molar-refractivity contribution < 1.29 is 23.7 Å². The Kier molecular flexibility index (Phi) is 7.77. The predicted molar refractivity (Wildman–Crippen MR) is 159 cm³/mol. The summed E-state index contributed by atoms with van der Waals surface area (Å²) in [6.45, 7) is 0. The highest BCUT2D eigenvalue weighted by Crippen LogP contribution is 2.33. The molecule has 5 heteroatoms. The van der Waals surface area contributed by atoms with Crippen molar-refractivity contribution in [2.75, 3.05) is 0 Å². The minimum absolute atomic E-state index is 0.650. The molecule has 0 aliphatic carbocycles. The SMILES string of the molecule is c1ccc(Oc2cccc(Oc3ccc(Oc4cccc(Oc5cccc(Oc6ccccc6)c5)c4)cc3)c2)cc1. The summed E-state index contributed by atoms with van der Waals surface area (Å²) < 4.78 is 30.0. The molecule has 200 valence electrons. The summed E-state index contributed by atoms with van der Waals surface area (Å²) in [6.07, 6.45) is 0. The molecule has 6 aromatic rings. The number of hydrogen-bond donors (Lipinski definition) is 0. The Hall–Kier alpha value is -5.68. The Balaban J connectivity index is 1.07. The van der Waals surface area contributed by atoms with Crippen molar-refractivity contribution in [2.24, 2.45) is 0 Å². The second kappa shape index (κ2) is 12.5. The maximum atomic E-state index is 6.08. The molecule has 6 rings (SSSR count). The van der Waals surface area contributed by atoms with Gasteiger partial charge < -0.3 is 23.7 Å². The number of hydrogen-bond acceptors (Lipinski definition) is 5. The zero-order chi connectivity index (χ0) is 27.7. The Morgan fingerprint density at radius 2 is 0.415 bits per heavy atom.